The topological polar surface area (TPSA) is 93.1 Å². The number of aromatic nitrogens is 1. The summed E-state index contributed by atoms with van der Waals surface area (Å²) in [5.74, 6) is -0.377. The van der Waals surface area contributed by atoms with Crippen LogP contribution in [0.1, 0.15) is 92.0 Å². The van der Waals surface area contributed by atoms with E-state index in [4.69, 9.17) is 18.9 Å². The highest BCUT2D eigenvalue weighted by Gasteiger charge is 2.50. The highest BCUT2D eigenvalue weighted by Crippen LogP contribution is 2.49. The maximum atomic E-state index is 14.4. The van der Waals surface area contributed by atoms with Gasteiger partial charge < -0.3 is 23.5 Å². The molecule has 8 nitrogen and oxygen atoms in total. The smallest absolute Gasteiger partial charge is 0.303 e. The molecule has 3 aromatic carbocycles. The van der Waals surface area contributed by atoms with Crippen LogP contribution in [0.15, 0.2) is 35.1 Å². The van der Waals surface area contributed by atoms with Crippen LogP contribution in [0.4, 0.5) is 0 Å². The summed E-state index contributed by atoms with van der Waals surface area (Å²) >= 11 is 0. The number of esters is 2. The summed E-state index contributed by atoms with van der Waals surface area (Å²) in [6, 6.07) is 10.1. The van der Waals surface area contributed by atoms with Crippen LogP contribution in [-0.4, -0.2) is 35.3 Å². The summed E-state index contributed by atoms with van der Waals surface area (Å²) in [6.07, 6.45) is -2.01. The van der Waals surface area contributed by atoms with Crippen LogP contribution >= 0.6 is 0 Å². The lowest BCUT2D eigenvalue weighted by molar-refractivity contribution is -0.187. The molecular weight excluding hydrogens is 558 g/mol. The summed E-state index contributed by atoms with van der Waals surface area (Å²) in [5.41, 5.74) is 2.64. The standard InChI is InChI=1S/C36H43NO7/c1-18(38)42-32-29-27(44-36(9,10)33(32)43-19(2)39)17-26(41-12)28-30(29)37(11)25-16-21-15-24(35(6,7)8)23(34(3,4)5)14-20(21)13-22(25)31(28)40/h13-17,32-33H,1-12H3/t32-,33-/m0/s1. The molecular formula is C36H43NO7. The van der Waals surface area contributed by atoms with Gasteiger partial charge in [-0.2, -0.15) is 0 Å². The third-order valence-corrected chi connectivity index (χ3v) is 8.57. The monoisotopic (exact) mass is 601 g/mol. The number of ether oxygens (including phenoxy) is 4. The van der Waals surface area contributed by atoms with Crippen molar-refractivity contribution in [2.45, 2.75) is 97.9 Å². The molecule has 2 heterocycles. The second-order valence-electron chi connectivity index (χ2n) is 14.5. The van der Waals surface area contributed by atoms with Gasteiger partial charge in [-0.15, -0.1) is 0 Å². The lowest BCUT2D eigenvalue weighted by Gasteiger charge is -2.43. The van der Waals surface area contributed by atoms with Gasteiger partial charge in [0.2, 0.25) is 5.43 Å². The number of carbonyl (C=O) groups excluding carboxylic acids is 2. The largest absolute Gasteiger partial charge is 0.496 e. The molecule has 2 atom stereocenters. The van der Waals surface area contributed by atoms with Crippen molar-refractivity contribution in [1.82, 2.24) is 4.57 Å². The maximum absolute atomic E-state index is 14.4. The summed E-state index contributed by atoms with van der Waals surface area (Å²) < 4.78 is 25.7. The van der Waals surface area contributed by atoms with Crippen molar-refractivity contribution in [3.05, 3.63) is 57.2 Å². The average molecular weight is 602 g/mol. The number of aryl methyl sites for hydroxylation is 1. The molecule has 0 unspecified atom stereocenters. The zero-order chi connectivity index (χ0) is 32.7. The SMILES string of the molecule is COc1cc2c(c3c1c(=O)c1cc4cc(C(C)(C)C)c(C(C)(C)C)cc4cc1n3C)[C@H](OC(C)=O)[C@H](OC(C)=O)C(C)(C)O2. The first-order valence-corrected chi connectivity index (χ1v) is 15.0. The zero-order valence-electron chi connectivity index (χ0n) is 27.8. The normalized spacial score (nSPS) is 18.2. The zero-order valence-corrected chi connectivity index (χ0v) is 27.8. The van der Waals surface area contributed by atoms with Crippen molar-refractivity contribution < 1.29 is 28.5 Å². The predicted octanol–water partition coefficient (Wildman–Crippen LogP) is 7.16. The van der Waals surface area contributed by atoms with E-state index in [-0.39, 0.29) is 16.3 Å². The number of nitrogens with zero attached hydrogens (tertiary/aromatic N) is 1. The molecule has 0 aliphatic carbocycles. The highest BCUT2D eigenvalue weighted by atomic mass is 16.6. The lowest BCUT2D eigenvalue weighted by Crippen LogP contribution is -2.52. The second-order valence-corrected chi connectivity index (χ2v) is 14.5. The van der Waals surface area contributed by atoms with Gasteiger partial charge in [0.1, 0.15) is 17.1 Å². The molecule has 0 amide bonds. The minimum absolute atomic E-state index is 0.0966. The molecule has 0 saturated heterocycles. The van der Waals surface area contributed by atoms with Crippen molar-refractivity contribution >= 4 is 44.5 Å². The fourth-order valence-electron chi connectivity index (χ4n) is 6.56. The molecule has 44 heavy (non-hydrogen) atoms. The molecule has 0 radical (unpaired) electrons. The third-order valence-electron chi connectivity index (χ3n) is 8.57. The van der Waals surface area contributed by atoms with Crippen LogP contribution < -0.4 is 14.9 Å². The minimum Gasteiger partial charge on any atom is -0.496 e. The summed E-state index contributed by atoms with van der Waals surface area (Å²) in [5, 5.41) is 2.84. The number of hydrogen-bond donors (Lipinski definition) is 0. The van der Waals surface area contributed by atoms with Crippen molar-refractivity contribution in [2.75, 3.05) is 7.11 Å². The summed E-state index contributed by atoms with van der Waals surface area (Å²) in [4.78, 5) is 39.1. The lowest BCUT2D eigenvalue weighted by atomic mass is 9.74. The fourth-order valence-corrected chi connectivity index (χ4v) is 6.56. The molecule has 1 aliphatic heterocycles. The number of methoxy groups -OCH3 is 1. The molecule has 234 valence electrons. The van der Waals surface area contributed by atoms with Crippen LogP contribution in [0.5, 0.6) is 11.5 Å². The minimum atomic E-state index is -1.06. The summed E-state index contributed by atoms with van der Waals surface area (Å²) in [7, 11) is 3.38. The number of rotatable bonds is 3. The average Bonchev–Trinajstić information content (AvgIpc) is 2.89. The van der Waals surface area contributed by atoms with E-state index in [0.29, 0.717) is 38.9 Å². The van der Waals surface area contributed by atoms with E-state index >= 15 is 0 Å². The van der Waals surface area contributed by atoms with Crippen LogP contribution in [0.3, 0.4) is 0 Å². The Labute approximate surface area is 258 Å². The molecule has 5 rings (SSSR count). The van der Waals surface area contributed by atoms with E-state index < -0.39 is 29.7 Å². The van der Waals surface area contributed by atoms with Crippen LogP contribution in [0, 0.1) is 0 Å². The predicted molar refractivity (Wildman–Crippen MR) is 173 cm³/mol. The Kier molecular flexibility index (Phi) is 7.30. The van der Waals surface area contributed by atoms with Crippen LogP contribution in [0.2, 0.25) is 0 Å². The number of hydrogen-bond acceptors (Lipinski definition) is 7. The Morgan fingerprint density at radius 3 is 1.91 bits per heavy atom. The van der Waals surface area contributed by atoms with Gasteiger partial charge >= 0.3 is 11.9 Å². The van der Waals surface area contributed by atoms with Crippen molar-refractivity contribution in [3.63, 3.8) is 0 Å². The quantitative estimate of drug-likeness (QED) is 0.182. The number of pyridine rings is 1. The van der Waals surface area contributed by atoms with Crippen molar-refractivity contribution in [3.8, 4) is 11.5 Å². The van der Waals surface area contributed by atoms with Crippen molar-refractivity contribution in [2.24, 2.45) is 7.05 Å². The van der Waals surface area contributed by atoms with E-state index in [2.05, 4.69) is 53.7 Å². The van der Waals surface area contributed by atoms with E-state index in [0.717, 1.165) is 10.8 Å². The van der Waals surface area contributed by atoms with E-state index in [1.807, 2.05) is 23.7 Å². The van der Waals surface area contributed by atoms with Crippen LogP contribution in [-0.2, 0) is 36.9 Å². The number of carbonyl (C=O) groups is 2. The van der Waals surface area contributed by atoms with Gasteiger partial charge in [0.05, 0.1) is 29.1 Å². The molecule has 0 spiro atoms. The Morgan fingerprint density at radius 1 is 0.864 bits per heavy atom. The maximum Gasteiger partial charge on any atom is 0.303 e. The van der Waals surface area contributed by atoms with Gasteiger partial charge in [0, 0.05) is 32.3 Å². The molecule has 0 fully saturated rings. The molecule has 0 saturated carbocycles. The highest BCUT2D eigenvalue weighted by molar-refractivity contribution is 6.05. The molecule has 0 bridgehead atoms. The molecule has 4 aromatic rings. The molecule has 1 aliphatic rings. The first-order chi connectivity index (χ1) is 20.3. The van der Waals surface area contributed by atoms with Gasteiger partial charge in [-0.3, -0.25) is 14.4 Å². The summed E-state index contributed by atoms with van der Waals surface area (Å²) in [6.45, 7) is 19.4. The second kappa shape index (κ2) is 10.2. The fraction of sp³-hybridized carbons (Fsp3) is 0.472. The van der Waals surface area contributed by atoms with E-state index in [1.165, 1.54) is 32.1 Å². The Morgan fingerprint density at radius 2 is 1.41 bits per heavy atom. The third kappa shape index (κ3) is 5.08. The Hall–Kier alpha value is -4.07. The van der Waals surface area contributed by atoms with Gasteiger partial charge in [-0.25, -0.2) is 0 Å². The Bertz CT molecular complexity index is 1920. The van der Waals surface area contributed by atoms with Gasteiger partial charge in [-0.05, 0) is 58.7 Å². The molecule has 0 N–H and O–H groups in total. The number of benzene rings is 3. The van der Waals surface area contributed by atoms with Crippen molar-refractivity contribution in [1.29, 1.82) is 0 Å². The first-order valence-electron chi connectivity index (χ1n) is 15.0. The first kappa shape index (κ1) is 31.4. The van der Waals surface area contributed by atoms with Gasteiger partial charge in [0.15, 0.2) is 12.2 Å². The van der Waals surface area contributed by atoms with Gasteiger partial charge in [0.25, 0.3) is 0 Å². The molecule has 1 aromatic heterocycles. The van der Waals surface area contributed by atoms with Gasteiger partial charge in [-0.1, -0.05) is 53.7 Å². The number of fused-ring (bicyclic) bond motifs is 5. The van der Waals surface area contributed by atoms with E-state index in [1.54, 1.807) is 19.9 Å². The molecule has 8 heteroatoms. The Balaban J connectivity index is 1.95. The van der Waals surface area contributed by atoms with Crippen LogP contribution in [0.25, 0.3) is 32.6 Å². The van der Waals surface area contributed by atoms with E-state index in [9.17, 15) is 14.4 Å².